The Morgan fingerprint density at radius 2 is 1.79 bits per heavy atom. The maximum atomic E-state index is 12.8. The standard InChI is InChI=1S/C17H27FN4O.HI/c1-3-11-20-16(23)10-13-22-17(19-4-2)21-12-9-14-5-7-15(18)8-6-14;/h5-8H,3-4,9-13H2,1-2H3,(H,20,23)(H2,19,21,22);1H. The number of hydrogen-bond acceptors (Lipinski definition) is 2. The van der Waals surface area contributed by atoms with Gasteiger partial charge in [-0.2, -0.15) is 0 Å². The molecule has 0 heterocycles. The lowest BCUT2D eigenvalue weighted by Crippen LogP contribution is -2.38. The van der Waals surface area contributed by atoms with Crippen molar-refractivity contribution in [2.75, 3.05) is 26.2 Å². The normalized spacial score (nSPS) is 10.7. The number of carbonyl (C=O) groups excluding carboxylic acids is 1. The number of benzene rings is 1. The highest BCUT2D eigenvalue weighted by molar-refractivity contribution is 14.0. The van der Waals surface area contributed by atoms with Gasteiger partial charge in [-0.05, 0) is 37.5 Å². The van der Waals surface area contributed by atoms with Gasteiger partial charge in [-0.15, -0.1) is 24.0 Å². The number of amides is 1. The first kappa shape index (κ1) is 22.6. The number of carbonyl (C=O) groups is 1. The van der Waals surface area contributed by atoms with E-state index < -0.39 is 0 Å². The van der Waals surface area contributed by atoms with E-state index in [4.69, 9.17) is 0 Å². The third-order valence-corrected chi connectivity index (χ3v) is 3.14. The molecule has 0 fully saturated rings. The van der Waals surface area contributed by atoms with Crippen LogP contribution < -0.4 is 16.0 Å². The maximum absolute atomic E-state index is 12.8. The van der Waals surface area contributed by atoms with Crippen LogP contribution in [-0.2, 0) is 11.2 Å². The lowest BCUT2D eigenvalue weighted by molar-refractivity contribution is -0.120. The van der Waals surface area contributed by atoms with Crippen molar-refractivity contribution in [1.82, 2.24) is 16.0 Å². The Balaban J connectivity index is 0.00000529. The van der Waals surface area contributed by atoms with Crippen LogP contribution >= 0.6 is 24.0 Å². The van der Waals surface area contributed by atoms with Crippen LogP contribution in [-0.4, -0.2) is 38.0 Å². The SMILES string of the molecule is CCCNC(=O)CCN=C(NCC)NCCc1ccc(F)cc1.I. The van der Waals surface area contributed by atoms with Crippen molar-refractivity contribution >= 4 is 35.8 Å². The van der Waals surface area contributed by atoms with E-state index in [0.717, 1.165) is 24.9 Å². The molecule has 7 heteroatoms. The molecule has 0 spiro atoms. The monoisotopic (exact) mass is 450 g/mol. The predicted octanol–water partition coefficient (Wildman–Crippen LogP) is 2.46. The van der Waals surface area contributed by atoms with Crippen LogP contribution in [0.25, 0.3) is 0 Å². The van der Waals surface area contributed by atoms with Gasteiger partial charge >= 0.3 is 0 Å². The molecular formula is C17H28FIN4O. The first-order valence-corrected chi connectivity index (χ1v) is 8.19. The van der Waals surface area contributed by atoms with Gasteiger partial charge in [0.25, 0.3) is 0 Å². The van der Waals surface area contributed by atoms with Crippen LogP contribution in [0.4, 0.5) is 4.39 Å². The number of nitrogens with zero attached hydrogens (tertiary/aromatic N) is 1. The van der Waals surface area contributed by atoms with E-state index in [1.54, 1.807) is 12.1 Å². The van der Waals surface area contributed by atoms with Crippen molar-refractivity contribution in [2.45, 2.75) is 33.1 Å². The summed E-state index contributed by atoms with van der Waals surface area (Å²) in [6.07, 6.45) is 2.10. The van der Waals surface area contributed by atoms with E-state index in [1.807, 2.05) is 13.8 Å². The molecule has 5 nitrogen and oxygen atoms in total. The molecule has 0 atom stereocenters. The van der Waals surface area contributed by atoms with Gasteiger partial charge in [0, 0.05) is 26.1 Å². The van der Waals surface area contributed by atoms with Crippen molar-refractivity contribution < 1.29 is 9.18 Å². The maximum Gasteiger partial charge on any atom is 0.221 e. The average Bonchev–Trinajstić information content (AvgIpc) is 2.54. The molecular weight excluding hydrogens is 422 g/mol. The fourth-order valence-electron chi connectivity index (χ4n) is 1.94. The lowest BCUT2D eigenvalue weighted by atomic mass is 10.1. The van der Waals surface area contributed by atoms with Crippen LogP contribution in [0.1, 0.15) is 32.3 Å². The first-order chi connectivity index (χ1) is 11.2. The highest BCUT2D eigenvalue weighted by Gasteiger charge is 2.01. The van der Waals surface area contributed by atoms with Gasteiger partial charge in [0.05, 0.1) is 6.54 Å². The smallest absolute Gasteiger partial charge is 0.221 e. The summed E-state index contributed by atoms with van der Waals surface area (Å²) < 4.78 is 12.8. The highest BCUT2D eigenvalue weighted by Crippen LogP contribution is 2.02. The van der Waals surface area contributed by atoms with E-state index in [2.05, 4.69) is 20.9 Å². The van der Waals surface area contributed by atoms with E-state index in [1.165, 1.54) is 12.1 Å². The van der Waals surface area contributed by atoms with Gasteiger partial charge in [0.2, 0.25) is 5.91 Å². The number of aliphatic imine (C=N–C) groups is 1. The van der Waals surface area contributed by atoms with E-state index in [-0.39, 0.29) is 35.7 Å². The summed E-state index contributed by atoms with van der Waals surface area (Å²) in [5, 5.41) is 9.18. The third kappa shape index (κ3) is 10.4. The van der Waals surface area contributed by atoms with E-state index >= 15 is 0 Å². The van der Waals surface area contributed by atoms with Crippen molar-refractivity contribution in [3.05, 3.63) is 35.6 Å². The van der Waals surface area contributed by atoms with Crippen molar-refractivity contribution in [2.24, 2.45) is 4.99 Å². The molecule has 1 aromatic carbocycles. The van der Waals surface area contributed by atoms with Crippen molar-refractivity contribution in [3.8, 4) is 0 Å². The number of halogens is 2. The third-order valence-electron chi connectivity index (χ3n) is 3.14. The minimum Gasteiger partial charge on any atom is -0.357 e. The minimum atomic E-state index is -0.224. The van der Waals surface area contributed by atoms with Crippen LogP contribution in [0.2, 0.25) is 0 Å². The van der Waals surface area contributed by atoms with Gasteiger partial charge < -0.3 is 16.0 Å². The second-order valence-electron chi connectivity index (χ2n) is 5.16. The molecule has 3 N–H and O–H groups in total. The number of guanidine groups is 1. The molecule has 0 aliphatic rings. The molecule has 1 rings (SSSR count). The molecule has 1 aromatic rings. The summed E-state index contributed by atoms with van der Waals surface area (Å²) in [7, 11) is 0. The Kier molecular flexibility index (Phi) is 13.2. The molecule has 0 aliphatic heterocycles. The molecule has 0 radical (unpaired) electrons. The Bertz CT molecular complexity index is 494. The predicted molar refractivity (Wildman–Crippen MR) is 107 cm³/mol. The van der Waals surface area contributed by atoms with Gasteiger partial charge in [0.1, 0.15) is 5.82 Å². The van der Waals surface area contributed by atoms with Gasteiger partial charge in [0.15, 0.2) is 5.96 Å². The van der Waals surface area contributed by atoms with Gasteiger partial charge in [-0.1, -0.05) is 19.1 Å². The number of nitrogens with one attached hydrogen (secondary N) is 3. The van der Waals surface area contributed by atoms with E-state index in [9.17, 15) is 9.18 Å². The fraction of sp³-hybridized carbons (Fsp3) is 0.529. The van der Waals surface area contributed by atoms with Crippen molar-refractivity contribution in [3.63, 3.8) is 0 Å². The second-order valence-corrected chi connectivity index (χ2v) is 5.16. The quantitative estimate of drug-likeness (QED) is 0.308. The number of rotatable bonds is 9. The summed E-state index contributed by atoms with van der Waals surface area (Å²) >= 11 is 0. The first-order valence-electron chi connectivity index (χ1n) is 8.19. The van der Waals surface area contributed by atoms with Crippen LogP contribution in [0.5, 0.6) is 0 Å². The summed E-state index contributed by atoms with van der Waals surface area (Å²) in [6.45, 7) is 6.61. The average molecular weight is 450 g/mol. The Labute approximate surface area is 160 Å². The Morgan fingerprint density at radius 3 is 2.42 bits per heavy atom. The van der Waals surface area contributed by atoms with Gasteiger partial charge in [-0.3, -0.25) is 9.79 Å². The largest absolute Gasteiger partial charge is 0.357 e. The van der Waals surface area contributed by atoms with Crippen LogP contribution in [0.3, 0.4) is 0 Å². The zero-order valence-electron chi connectivity index (χ0n) is 14.4. The lowest BCUT2D eigenvalue weighted by Gasteiger charge is -2.11. The van der Waals surface area contributed by atoms with E-state index in [0.29, 0.717) is 32.0 Å². The molecule has 0 bridgehead atoms. The number of hydrogen-bond donors (Lipinski definition) is 3. The minimum absolute atomic E-state index is 0. The molecule has 24 heavy (non-hydrogen) atoms. The molecule has 0 saturated heterocycles. The summed E-state index contributed by atoms with van der Waals surface area (Å²) in [4.78, 5) is 15.9. The summed E-state index contributed by atoms with van der Waals surface area (Å²) in [5.41, 5.74) is 1.06. The molecule has 0 aromatic heterocycles. The molecule has 0 aliphatic carbocycles. The van der Waals surface area contributed by atoms with Gasteiger partial charge in [-0.25, -0.2) is 4.39 Å². The summed E-state index contributed by atoms with van der Waals surface area (Å²) in [5.74, 6) is 0.494. The van der Waals surface area contributed by atoms with Crippen LogP contribution in [0, 0.1) is 5.82 Å². The topological polar surface area (TPSA) is 65.5 Å². The fourth-order valence-corrected chi connectivity index (χ4v) is 1.94. The second kappa shape index (κ2) is 14.0. The zero-order valence-corrected chi connectivity index (χ0v) is 16.7. The highest BCUT2D eigenvalue weighted by atomic mass is 127. The van der Waals surface area contributed by atoms with Crippen molar-refractivity contribution in [1.29, 1.82) is 0 Å². The Morgan fingerprint density at radius 1 is 1.08 bits per heavy atom. The molecule has 0 saturated carbocycles. The van der Waals surface area contributed by atoms with Crippen LogP contribution in [0.15, 0.2) is 29.3 Å². The Hall–Kier alpha value is -1.38. The summed E-state index contributed by atoms with van der Waals surface area (Å²) in [6, 6.07) is 6.48. The molecule has 1 amide bonds. The molecule has 136 valence electrons. The zero-order chi connectivity index (χ0) is 16.9. The molecule has 0 unspecified atom stereocenters.